The number of hydrogen-bond donors (Lipinski definition) is 0. The van der Waals surface area contributed by atoms with Crippen LogP contribution in [0, 0.1) is 6.92 Å². The maximum absolute atomic E-state index is 12.3. The van der Waals surface area contributed by atoms with Crippen molar-refractivity contribution in [1.29, 1.82) is 0 Å². The molecule has 0 atom stereocenters. The number of morpholine rings is 1. The minimum absolute atomic E-state index is 0.269. The van der Waals surface area contributed by atoms with Crippen molar-refractivity contribution >= 4 is 11.8 Å². The van der Waals surface area contributed by atoms with Gasteiger partial charge in [-0.1, -0.05) is 18.2 Å². The first-order chi connectivity index (χ1) is 11.2. The molecule has 0 aliphatic carbocycles. The summed E-state index contributed by atoms with van der Waals surface area (Å²) in [6, 6.07) is 12.0. The molecule has 23 heavy (non-hydrogen) atoms. The molecule has 3 rings (SSSR count). The van der Waals surface area contributed by atoms with Crippen molar-refractivity contribution in [2.75, 3.05) is 37.8 Å². The van der Waals surface area contributed by atoms with Crippen molar-refractivity contribution < 1.29 is 14.3 Å². The lowest BCUT2D eigenvalue weighted by molar-refractivity contribution is 0.0525. The van der Waals surface area contributed by atoms with Crippen LogP contribution in [0.2, 0.25) is 0 Å². The Hall–Kier alpha value is -2.27. The fraction of sp³-hybridized carbons (Fsp3) is 0.389. The van der Waals surface area contributed by atoms with Gasteiger partial charge in [0.25, 0.3) is 0 Å². The average molecular weight is 314 g/mol. The lowest BCUT2D eigenvalue weighted by Crippen LogP contribution is -2.37. The van der Waals surface area contributed by atoms with Crippen molar-refractivity contribution in [3.05, 3.63) is 47.7 Å². The van der Waals surface area contributed by atoms with Crippen LogP contribution in [0.3, 0.4) is 0 Å². The Morgan fingerprint density at radius 3 is 2.57 bits per heavy atom. The fourth-order valence-electron chi connectivity index (χ4n) is 2.93. The van der Waals surface area contributed by atoms with Gasteiger partial charge in [-0.2, -0.15) is 0 Å². The molecule has 1 aromatic carbocycles. The van der Waals surface area contributed by atoms with Crippen LogP contribution in [0.15, 0.2) is 36.4 Å². The highest BCUT2D eigenvalue weighted by atomic mass is 16.5. The molecule has 2 heterocycles. The molecule has 1 aliphatic rings. The second kappa shape index (κ2) is 6.87. The Morgan fingerprint density at radius 2 is 1.91 bits per heavy atom. The zero-order valence-corrected chi connectivity index (χ0v) is 13.6. The molecule has 0 radical (unpaired) electrons. The number of anilines is 1. The van der Waals surface area contributed by atoms with Crippen LogP contribution in [0.5, 0.6) is 0 Å². The number of carbonyl (C=O) groups is 1. The average Bonchev–Trinajstić information content (AvgIpc) is 2.94. The molecule has 122 valence electrons. The number of aromatic nitrogens is 1. The number of esters is 1. The highest BCUT2D eigenvalue weighted by Gasteiger charge is 2.23. The third-order valence-electron chi connectivity index (χ3n) is 4.07. The molecule has 0 unspecified atom stereocenters. The van der Waals surface area contributed by atoms with E-state index in [2.05, 4.69) is 9.47 Å². The Morgan fingerprint density at radius 1 is 1.22 bits per heavy atom. The summed E-state index contributed by atoms with van der Waals surface area (Å²) in [6.45, 7) is 7.20. The van der Waals surface area contributed by atoms with E-state index in [-0.39, 0.29) is 5.97 Å². The van der Waals surface area contributed by atoms with Gasteiger partial charge in [0.05, 0.1) is 25.4 Å². The van der Waals surface area contributed by atoms with Gasteiger partial charge in [-0.3, -0.25) is 4.57 Å². The smallest absolute Gasteiger partial charge is 0.340 e. The summed E-state index contributed by atoms with van der Waals surface area (Å²) in [5.74, 6) is 0.745. The lowest BCUT2D eigenvalue weighted by atomic mass is 10.2. The van der Waals surface area contributed by atoms with E-state index in [0.29, 0.717) is 25.4 Å². The molecule has 1 aromatic heterocycles. The topological polar surface area (TPSA) is 43.7 Å². The normalized spacial score (nSPS) is 14.8. The van der Waals surface area contributed by atoms with Gasteiger partial charge in [0, 0.05) is 24.5 Å². The van der Waals surface area contributed by atoms with Crippen molar-refractivity contribution in [3.8, 4) is 5.69 Å². The first kappa shape index (κ1) is 15.6. The van der Waals surface area contributed by atoms with Gasteiger partial charge in [-0.05, 0) is 32.0 Å². The number of rotatable bonds is 4. The molecule has 1 fully saturated rings. The quantitative estimate of drug-likeness (QED) is 0.814. The first-order valence-corrected chi connectivity index (χ1v) is 8.00. The molecule has 0 amide bonds. The largest absolute Gasteiger partial charge is 0.462 e. The molecular formula is C18H22N2O3. The molecule has 0 spiro atoms. The van der Waals surface area contributed by atoms with Gasteiger partial charge in [-0.25, -0.2) is 4.79 Å². The van der Waals surface area contributed by atoms with E-state index in [1.54, 1.807) is 0 Å². The minimum atomic E-state index is -0.269. The minimum Gasteiger partial charge on any atom is -0.462 e. The van der Waals surface area contributed by atoms with Crippen molar-refractivity contribution in [2.24, 2.45) is 0 Å². The Labute approximate surface area is 136 Å². The zero-order chi connectivity index (χ0) is 16.2. The van der Waals surface area contributed by atoms with Crippen LogP contribution in [0.1, 0.15) is 23.0 Å². The predicted molar refractivity (Wildman–Crippen MR) is 89.5 cm³/mol. The zero-order valence-electron chi connectivity index (χ0n) is 13.6. The van der Waals surface area contributed by atoms with Gasteiger partial charge < -0.3 is 14.4 Å². The molecule has 5 nitrogen and oxygen atoms in total. The van der Waals surface area contributed by atoms with E-state index in [9.17, 15) is 4.79 Å². The SMILES string of the molecule is CCOC(=O)c1cc(N2CCOCC2)n(-c2ccccc2)c1C. The molecule has 1 aliphatic heterocycles. The summed E-state index contributed by atoms with van der Waals surface area (Å²) < 4.78 is 12.8. The van der Waals surface area contributed by atoms with Gasteiger partial charge in [0.2, 0.25) is 0 Å². The molecule has 0 saturated carbocycles. The van der Waals surface area contributed by atoms with Crippen LogP contribution in [-0.4, -0.2) is 43.4 Å². The van der Waals surface area contributed by atoms with Crippen molar-refractivity contribution in [3.63, 3.8) is 0 Å². The summed E-state index contributed by atoms with van der Waals surface area (Å²) in [4.78, 5) is 14.5. The summed E-state index contributed by atoms with van der Waals surface area (Å²) in [5.41, 5.74) is 2.57. The fourth-order valence-corrected chi connectivity index (χ4v) is 2.93. The van der Waals surface area contributed by atoms with E-state index < -0.39 is 0 Å². The number of hydrogen-bond acceptors (Lipinski definition) is 4. The number of para-hydroxylation sites is 1. The number of nitrogens with zero attached hydrogens (tertiary/aromatic N) is 2. The van der Waals surface area contributed by atoms with Crippen LogP contribution in [0.4, 0.5) is 5.82 Å². The van der Waals surface area contributed by atoms with Gasteiger partial charge in [0.1, 0.15) is 5.82 Å². The van der Waals surface area contributed by atoms with E-state index >= 15 is 0 Å². The maximum Gasteiger partial charge on any atom is 0.340 e. The Balaban J connectivity index is 2.08. The predicted octanol–water partition coefficient (Wildman–Crippen LogP) is 2.80. The van der Waals surface area contributed by atoms with Crippen molar-refractivity contribution in [2.45, 2.75) is 13.8 Å². The van der Waals surface area contributed by atoms with E-state index in [4.69, 9.17) is 9.47 Å². The van der Waals surface area contributed by atoms with E-state index in [1.807, 2.05) is 50.2 Å². The first-order valence-electron chi connectivity index (χ1n) is 8.00. The summed E-state index contributed by atoms with van der Waals surface area (Å²) in [7, 11) is 0. The molecule has 0 bridgehead atoms. The van der Waals surface area contributed by atoms with Gasteiger partial charge in [-0.15, -0.1) is 0 Å². The molecule has 2 aromatic rings. The molecular weight excluding hydrogens is 292 g/mol. The number of carbonyl (C=O) groups excluding carboxylic acids is 1. The highest BCUT2D eigenvalue weighted by molar-refractivity contribution is 5.92. The van der Waals surface area contributed by atoms with Gasteiger partial charge >= 0.3 is 5.97 Å². The third kappa shape index (κ3) is 3.10. The van der Waals surface area contributed by atoms with Crippen LogP contribution >= 0.6 is 0 Å². The second-order valence-electron chi connectivity index (χ2n) is 5.49. The van der Waals surface area contributed by atoms with E-state index in [0.717, 1.165) is 30.3 Å². The molecule has 0 N–H and O–H groups in total. The highest BCUT2D eigenvalue weighted by Crippen LogP contribution is 2.29. The molecule has 5 heteroatoms. The monoisotopic (exact) mass is 314 g/mol. The second-order valence-corrected chi connectivity index (χ2v) is 5.49. The van der Waals surface area contributed by atoms with Crippen molar-refractivity contribution in [1.82, 2.24) is 4.57 Å². The Kier molecular flexibility index (Phi) is 4.67. The number of benzene rings is 1. The summed E-state index contributed by atoms with van der Waals surface area (Å²) >= 11 is 0. The maximum atomic E-state index is 12.3. The Bertz CT molecular complexity index is 673. The number of ether oxygens (including phenoxy) is 2. The van der Waals surface area contributed by atoms with Crippen LogP contribution in [-0.2, 0) is 9.47 Å². The molecule has 1 saturated heterocycles. The lowest BCUT2D eigenvalue weighted by Gasteiger charge is -2.30. The third-order valence-corrected chi connectivity index (χ3v) is 4.07. The van der Waals surface area contributed by atoms with Crippen LogP contribution < -0.4 is 4.90 Å². The van der Waals surface area contributed by atoms with Crippen LogP contribution in [0.25, 0.3) is 5.69 Å². The van der Waals surface area contributed by atoms with E-state index in [1.165, 1.54) is 0 Å². The standard InChI is InChI=1S/C18H22N2O3/c1-3-23-18(21)16-13-17(19-9-11-22-12-10-19)20(14(16)2)15-7-5-4-6-8-15/h4-8,13H,3,9-12H2,1-2H3. The summed E-state index contributed by atoms with van der Waals surface area (Å²) in [5, 5.41) is 0. The summed E-state index contributed by atoms with van der Waals surface area (Å²) in [6.07, 6.45) is 0. The van der Waals surface area contributed by atoms with Gasteiger partial charge in [0.15, 0.2) is 0 Å².